The highest BCUT2D eigenvalue weighted by Crippen LogP contribution is 2.35. The summed E-state index contributed by atoms with van der Waals surface area (Å²) in [6, 6.07) is 9.10. The number of aliphatic hydroxyl groups excluding tert-OH is 1. The lowest BCUT2D eigenvalue weighted by molar-refractivity contribution is -0.146. The third-order valence-electron chi connectivity index (χ3n) is 7.00. The Balaban J connectivity index is 2.04. The Morgan fingerprint density at radius 1 is 1.00 bits per heavy atom. The molecule has 8 nitrogen and oxygen atoms in total. The van der Waals surface area contributed by atoms with Crippen LogP contribution in [0.25, 0.3) is 0 Å². The van der Waals surface area contributed by atoms with Gasteiger partial charge in [0.1, 0.15) is 17.7 Å². The third kappa shape index (κ3) is 6.92. The largest absolute Gasteiger partial charge is 0.444 e. The van der Waals surface area contributed by atoms with E-state index in [4.69, 9.17) is 4.74 Å². The van der Waals surface area contributed by atoms with Crippen LogP contribution in [0.1, 0.15) is 73.9 Å². The number of carbonyl (C=O) groups is 3. The number of nitrogens with zero attached hydrogens (tertiary/aromatic N) is 1. The Bertz CT molecular complexity index is 1160. The number of benzene rings is 2. The van der Waals surface area contributed by atoms with E-state index in [1.165, 1.54) is 0 Å². The first-order chi connectivity index (χ1) is 17.8. The van der Waals surface area contributed by atoms with Crippen LogP contribution in [0.15, 0.2) is 36.4 Å². The van der Waals surface area contributed by atoms with E-state index < -0.39 is 36.3 Å². The molecule has 0 saturated heterocycles. The van der Waals surface area contributed by atoms with Gasteiger partial charge in [0, 0.05) is 11.7 Å². The van der Waals surface area contributed by atoms with E-state index in [9.17, 15) is 19.5 Å². The van der Waals surface area contributed by atoms with Gasteiger partial charge in [-0.15, -0.1) is 0 Å². The number of hydrogen-bond donors (Lipinski definition) is 3. The fourth-order valence-electron chi connectivity index (χ4n) is 4.57. The van der Waals surface area contributed by atoms with E-state index in [-0.39, 0.29) is 11.9 Å². The van der Waals surface area contributed by atoms with E-state index in [1.807, 2.05) is 64.1 Å². The van der Waals surface area contributed by atoms with Crippen molar-refractivity contribution in [2.24, 2.45) is 0 Å². The van der Waals surface area contributed by atoms with Crippen molar-refractivity contribution < 1.29 is 24.2 Å². The number of carbonyl (C=O) groups excluding carboxylic acids is 3. The van der Waals surface area contributed by atoms with Gasteiger partial charge in [0.05, 0.1) is 6.61 Å². The number of nitrogens with one attached hydrogen (secondary N) is 2. The fraction of sp³-hybridized carbons (Fsp3) is 0.500. The van der Waals surface area contributed by atoms with Crippen LogP contribution in [0.4, 0.5) is 10.5 Å². The number of alkyl carbamates (subject to hydrolysis) is 1. The maximum absolute atomic E-state index is 14.0. The van der Waals surface area contributed by atoms with Crippen LogP contribution in [-0.4, -0.2) is 52.2 Å². The number of hydrogen-bond acceptors (Lipinski definition) is 5. The molecule has 1 aliphatic rings. The third-order valence-corrected chi connectivity index (χ3v) is 7.00. The molecule has 3 N–H and O–H groups in total. The monoisotopic (exact) mass is 523 g/mol. The van der Waals surface area contributed by atoms with Gasteiger partial charge in [-0.3, -0.25) is 9.59 Å². The fourth-order valence-corrected chi connectivity index (χ4v) is 4.57. The molecule has 2 aromatic rings. The number of rotatable bonds is 8. The molecule has 2 unspecified atom stereocenters. The molecule has 0 spiro atoms. The second-order valence-electron chi connectivity index (χ2n) is 11.2. The number of amides is 3. The van der Waals surface area contributed by atoms with Crippen LogP contribution in [0.2, 0.25) is 0 Å². The Morgan fingerprint density at radius 2 is 1.63 bits per heavy atom. The molecule has 1 saturated carbocycles. The second kappa shape index (κ2) is 12.0. The molecular formula is C30H41N3O5. The van der Waals surface area contributed by atoms with Crippen molar-refractivity contribution >= 4 is 23.6 Å². The first kappa shape index (κ1) is 29.2. The topological polar surface area (TPSA) is 108 Å². The maximum atomic E-state index is 14.0. The van der Waals surface area contributed by atoms with Gasteiger partial charge in [0.2, 0.25) is 5.91 Å². The van der Waals surface area contributed by atoms with Gasteiger partial charge in [-0.25, -0.2) is 4.79 Å². The van der Waals surface area contributed by atoms with E-state index in [2.05, 4.69) is 10.6 Å². The molecule has 2 atom stereocenters. The van der Waals surface area contributed by atoms with Crippen molar-refractivity contribution in [1.82, 2.24) is 10.2 Å². The highest BCUT2D eigenvalue weighted by Gasteiger charge is 2.42. The predicted molar refractivity (Wildman–Crippen MR) is 148 cm³/mol. The Kier molecular flexibility index (Phi) is 9.20. The number of aliphatic hydroxyl groups is 1. The van der Waals surface area contributed by atoms with Gasteiger partial charge in [-0.1, -0.05) is 36.4 Å². The molecule has 2 aromatic carbocycles. The Morgan fingerprint density at radius 3 is 2.13 bits per heavy atom. The average Bonchev–Trinajstić information content (AvgIpc) is 2.79. The summed E-state index contributed by atoms with van der Waals surface area (Å²) in [5.74, 6) is -0.872. The summed E-state index contributed by atoms with van der Waals surface area (Å²) in [4.78, 5) is 42.1. The van der Waals surface area contributed by atoms with E-state index >= 15 is 0 Å². The number of ether oxygens (including phenoxy) is 1. The highest BCUT2D eigenvalue weighted by atomic mass is 16.6. The quantitative estimate of drug-likeness (QED) is 0.458. The zero-order valence-corrected chi connectivity index (χ0v) is 23.6. The minimum atomic E-state index is -1.26. The first-order valence-electron chi connectivity index (χ1n) is 13.2. The zero-order valence-electron chi connectivity index (χ0n) is 23.6. The molecule has 206 valence electrons. The molecule has 0 radical (unpaired) electrons. The zero-order chi connectivity index (χ0) is 28.2. The molecule has 3 rings (SSSR count). The summed E-state index contributed by atoms with van der Waals surface area (Å²) < 4.78 is 5.32. The summed E-state index contributed by atoms with van der Waals surface area (Å²) in [5.41, 5.74) is 4.51. The van der Waals surface area contributed by atoms with Crippen LogP contribution in [0.3, 0.4) is 0 Å². The number of anilines is 1. The van der Waals surface area contributed by atoms with Crippen LogP contribution in [-0.2, 0) is 14.3 Å². The predicted octanol–water partition coefficient (Wildman–Crippen LogP) is 4.87. The van der Waals surface area contributed by atoms with Crippen molar-refractivity contribution in [3.63, 3.8) is 0 Å². The van der Waals surface area contributed by atoms with E-state index in [1.54, 1.807) is 25.7 Å². The summed E-state index contributed by atoms with van der Waals surface area (Å²) in [6.45, 7) is 12.3. The Hall–Kier alpha value is -3.39. The van der Waals surface area contributed by atoms with Gasteiger partial charge >= 0.3 is 6.09 Å². The summed E-state index contributed by atoms with van der Waals surface area (Å²) in [7, 11) is 0. The highest BCUT2D eigenvalue weighted by molar-refractivity contribution is 6.00. The van der Waals surface area contributed by atoms with Gasteiger partial charge in [-0.2, -0.15) is 0 Å². The molecule has 8 heteroatoms. The summed E-state index contributed by atoms with van der Waals surface area (Å²) >= 11 is 0. The molecule has 38 heavy (non-hydrogen) atoms. The number of aryl methyl sites for hydroxylation is 4. The van der Waals surface area contributed by atoms with E-state index in [0.29, 0.717) is 11.3 Å². The lowest BCUT2D eigenvalue weighted by Gasteiger charge is -2.43. The van der Waals surface area contributed by atoms with Gasteiger partial charge in [0.15, 0.2) is 0 Å². The van der Waals surface area contributed by atoms with Gasteiger partial charge in [0.25, 0.3) is 5.91 Å². The van der Waals surface area contributed by atoms with Crippen molar-refractivity contribution in [1.29, 1.82) is 0 Å². The molecule has 3 amide bonds. The minimum absolute atomic E-state index is 0.202. The molecule has 0 aliphatic heterocycles. The SMILES string of the molecule is Cc1ccc(C(C(=O)Nc2c(C)cccc2C)N(C(=O)C(CO)NC(=O)OC(C)(C)C)C2CCC2)cc1C. The molecule has 1 aliphatic carbocycles. The first-order valence-corrected chi connectivity index (χ1v) is 13.2. The van der Waals surface area contributed by atoms with Crippen LogP contribution in [0, 0.1) is 27.7 Å². The molecular weight excluding hydrogens is 482 g/mol. The van der Waals surface area contributed by atoms with Gasteiger partial charge < -0.3 is 25.4 Å². The summed E-state index contributed by atoms with van der Waals surface area (Å²) in [6.07, 6.45) is 1.58. The van der Waals surface area contributed by atoms with Crippen LogP contribution >= 0.6 is 0 Å². The number of para-hydroxylation sites is 1. The smallest absolute Gasteiger partial charge is 0.408 e. The lowest BCUT2D eigenvalue weighted by atomic mass is 9.87. The molecule has 0 bridgehead atoms. The standard InChI is InChI=1S/C30H41N3O5/c1-18-14-15-22(16-21(18)4)26(27(35)32-25-19(2)10-8-11-20(25)3)33(23-12-9-13-23)28(36)24(17-34)31-29(37)38-30(5,6)7/h8,10-11,14-16,23-24,26,34H,9,12-13,17H2,1-7H3,(H,31,37)(H,32,35). The average molecular weight is 524 g/mol. The normalized spacial score (nSPS) is 15.2. The lowest BCUT2D eigenvalue weighted by Crippen LogP contribution is -2.58. The van der Waals surface area contributed by atoms with Crippen LogP contribution in [0.5, 0.6) is 0 Å². The summed E-state index contributed by atoms with van der Waals surface area (Å²) in [5, 5.41) is 15.7. The van der Waals surface area contributed by atoms with Crippen molar-refractivity contribution in [3.8, 4) is 0 Å². The Labute approximate surface area is 225 Å². The molecule has 0 heterocycles. The van der Waals surface area contributed by atoms with Gasteiger partial charge in [-0.05, 0) is 95.5 Å². The van der Waals surface area contributed by atoms with Crippen molar-refractivity contribution in [2.45, 2.75) is 91.5 Å². The van der Waals surface area contributed by atoms with E-state index in [0.717, 1.165) is 41.5 Å². The van der Waals surface area contributed by atoms with Crippen molar-refractivity contribution in [3.05, 3.63) is 64.2 Å². The molecule has 0 aromatic heterocycles. The second-order valence-corrected chi connectivity index (χ2v) is 11.2. The van der Waals surface area contributed by atoms with Crippen molar-refractivity contribution in [2.75, 3.05) is 11.9 Å². The maximum Gasteiger partial charge on any atom is 0.408 e. The molecule has 1 fully saturated rings. The van der Waals surface area contributed by atoms with Crippen LogP contribution < -0.4 is 10.6 Å². The minimum Gasteiger partial charge on any atom is -0.444 e.